The van der Waals surface area contributed by atoms with Crippen molar-refractivity contribution in [1.29, 1.82) is 0 Å². The summed E-state index contributed by atoms with van der Waals surface area (Å²) in [6, 6.07) is 7.74. The van der Waals surface area contributed by atoms with Crippen LogP contribution in [-0.4, -0.2) is 46.6 Å². The molecule has 4 atom stereocenters. The van der Waals surface area contributed by atoms with Crippen molar-refractivity contribution in [2.45, 2.75) is 37.8 Å². The molecule has 1 aliphatic heterocycles. The Balaban J connectivity index is 0.00000210. The molecule has 2 aromatic rings. The van der Waals surface area contributed by atoms with E-state index in [1.165, 1.54) is 0 Å². The van der Waals surface area contributed by atoms with Gasteiger partial charge in [0.1, 0.15) is 5.82 Å². The minimum absolute atomic E-state index is 0. The van der Waals surface area contributed by atoms with Crippen molar-refractivity contribution in [2.24, 2.45) is 10.9 Å². The van der Waals surface area contributed by atoms with Crippen LogP contribution < -0.4 is 5.32 Å². The number of benzene rings is 1. The lowest BCUT2D eigenvalue weighted by Crippen LogP contribution is -2.49. The van der Waals surface area contributed by atoms with E-state index >= 15 is 0 Å². The second-order valence-corrected chi connectivity index (χ2v) is 7.45. The zero-order valence-corrected chi connectivity index (χ0v) is 18.1. The largest absolute Gasteiger partial charge is 0.353 e. The van der Waals surface area contributed by atoms with E-state index in [2.05, 4.69) is 31.7 Å². The molecule has 0 spiro atoms. The molecule has 0 bridgehead atoms. The summed E-state index contributed by atoms with van der Waals surface area (Å²) in [4.78, 5) is 11.0. The highest BCUT2D eigenvalue weighted by molar-refractivity contribution is 14.0. The molecule has 1 saturated carbocycles. The van der Waals surface area contributed by atoms with E-state index in [4.69, 9.17) is 0 Å². The predicted octanol–water partition coefficient (Wildman–Crippen LogP) is 3.65. The van der Waals surface area contributed by atoms with Crippen LogP contribution in [0.4, 0.5) is 4.39 Å². The normalized spacial score (nSPS) is 27.8. The summed E-state index contributed by atoms with van der Waals surface area (Å²) in [5, 5.41) is 3.55. The van der Waals surface area contributed by atoms with Gasteiger partial charge in [-0.2, -0.15) is 0 Å². The summed E-state index contributed by atoms with van der Waals surface area (Å²) < 4.78 is 16.2. The van der Waals surface area contributed by atoms with E-state index in [9.17, 15) is 4.39 Å². The summed E-state index contributed by atoms with van der Waals surface area (Å²) in [7, 11) is 1.83. The molecule has 146 valence electrons. The lowest BCUT2D eigenvalue weighted by Gasteiger charge is -2.39. The van der Waals surface area contributed by atoms with Gasteiger partial charge in [0.15, 0.2) is 5.96 Å². The quantitative estimate of drug-likeness (QED) is 0.412. The Bertz CT molecular complexity index is 778. The first-order chi connectivity index (χ1) is 12.7. The molecular formula is C20H27FIN5. The van der Waals surface area contributed by atoms with Crippen molar-refractivity contribution in [3.63, 3.8) is 0 Å². The highest BCUT2D eigenvalue weighted by Gasteiger charge is 2.41. The number of hydrogen-bond donors (Lipinski definition) is 1. The number of hydrogen-bond acceptors (Lipinski definition) is 2. The van der Waals surface area contributed by atoms with Gasteiger partial charge in [0, 0.05) is 44.5 Å². The Labute approximate surface area is 177 Å². The first-order valence-electron chi connectivity index (χ1n) is 9.37. The van der Waals surface area contributed by atoms with E-state index in [0.717, 1.165) is 37.5 Å². The van der Waals surface area contributed by atoms with Crippen LogP contribution in [0.1, 0.15) is 37.3 Å². The molecule has 2 heterocycles. The smallest absolute Gasteiger partial charge is 0.193 e. The van der Waals surface area contributed by atoms with Crippen LogP contribution in [-0.2, 0) is 0 Å². The lowest BCUT2D eigenvalue weighted by atomic mass is 9.93. The van der Waals surface area contributed by atoms with Gasteiger partial charge < -0.3 is 14.8 Å². The molecule has 0 radical (unpaired) electrons. The summed E-state index contributed by atoms with van der Waals surface area (Å²) >= 11 is 0. The van der Waals surface area contributed by atoms with Gasteiger partial charge in [-0.05, 0) is 30.4 Å². The summed E-state index contributed by atoms with van der Waals surface area (Å²) in [6.45, 7) is 4.20. The van der Waals surface area contributed by atoms with E-state index in [-0.39, 0.29) is 41.8 Å². The third-order valence-electron chi connectivity index (χ3n) is 5.75. The number of nitrogens with zero attached hydrogens (tertiary/aromatic N) is 4. The second kappa shape index (κ2) is 8.58. The zero-order valence-electron chi connectivity index (χ0n) is 15.8. The van der Waals surface area contributed by atoms with Gasteiger partial charge in [-0.3, -0.25) is 4.99 Å². The van der Waals surface area contributed by atoms with Gasteiger partial charge in [0.25, 0.3) is 0 Å². The molecule has 4 unspecified atom stereocenters. The van der Waals surface area contributed by atoms with Gasteiger partial charge in [0.2, 0.25) is 0 Å². The fourth-order valence-electron chi connectivity index (χ4n) is 4.03. The van der Waals surface area contributed by atoms with Crippen molar-refractivity contribution < 1.29 is 4.39 Å². The number of aromatic nitrogens is 2. The van der Waals surface area contributed by atoms with Crippen LogP contribution >= 0.6 is 24.0 Å². The van der Waals surface area contributed by atoms with E-state index in [1.54, 1.807) is 12.1 Å². The van der Waals surface area contributed by atoms with Gasteiger partial charge >= 0.3 is 0 Å². The first kappa shape index (κ1) is 20.1. The lowest BCUT2D eigenvalue weighted by molar-refractivity contribution is 0.189. The van der Waals surface area contributed by atoms with E-state index in [0.29, 0.717) is 12.0 Å². The Morgan fingerprint density at radius 3 is 2.85 bits per heavy atom. The van der Waals surface area contributed by atoms with Crippen LogP contribution in [0.2, 0.25) is 0 Å². The fourth-order valence-corrected chi connectivity index (χ4v) is 4.03. The molecular weight excluding hydrogens is 456 g/mol. The number of nitrogens with one attached hydrogen (secondary N) is 1. The SMILES string of the molecule is CN=C(NC1CC1c1ccccc1F)N1CCC(C)C(n2ccnc2)C1.I. The standard InChI is InChI=1S/C20H26FN5.HI/c1-14-7-9-25(12-19(14)26-10-8-23-13-26)20(22-2)24-18-11-16(18)15-5-3-4-6-17(15)21;/h3-6,8,10,13-14,16,18-19H,7,9,11-12H2,1-2H3,(H,22,24);1H. The van der Waals surface area contributed by atoms with Crippen LogP contribution in [0, 0.1) is 11.7 Å². The molecule has 7 heteroatoms. The monoisotopic (exact) mass is 483 g/mol. The maximum Gasteiger partial charge on any atom is 0.193 e. The molecule has 5 nitrogen and oxygen atoms in total. The molecule has 1 N–H and O–H groups in total. The number of halogens is 2. The maximum atomic E-state index is 14.0. The Hall–Kier alpha value is -1.64. The third kappa shape index (κ3) is 4.28. The predicted molar refractivity (Wildman–Crippen MR) is 116 cm³/mol. The molecule has 1 saturated heterocycles. The van der Waals surface area contributed by atoms with Crippen LogP contribution in [0.15, 0.2) is 48.0 Å². The van der Waals surface area contributed by atoms with Gasteiger partial charge in [-0.25, -0.2) is 9.37 Å². The van der Waals surface area contributed by atoms with E-state index < -0.39 is 0 Å². The summed E-state index contributed by atoms with van der Waals surface area (Å²) in [5.41, 5.74) is 0.809. The van der Waals surface area contributed by atoms with Crippen molar-refractivity contribution in [2.75, 3.05) is 20.1 Å². The number of aliphatic imine (C=N–C) groups is 1. The van der Waals surface area contributed by atoms with Crippen molar-refractivity contribution in [1.82, 2.24) is 19.8 Å². The Morgan fingerprint density at radius 1 is 1.33 bits per heavy atom. The van der Waals surface area contributed by atoms with E-state index in [1.807, 2.05) is 37.9 Å². The van der Waals surface area contributed by atoms with Crippen molar-refractivity contribution >= 4 is 29.9 Å². The molecule has 27 heavy (non-hydrogen) atoms. The van der Waals surface area contributed by atoms with Crippen LogP contribution in [0.5, 0.6) is 0 Å². The van der Waals surface area contributed by atoms with Crippen LogP contribution in [0.25, 0.3) is 0 Å². The van der Waals surface area contributed by atoms with Gasteiger partial charge in [-0.15, -0.1) is 24.0 Å². The topological polar surface area (TPSA) is 45.5 Å². The molecule has 1 aromatic carbocycles. The molecule has 1 aromatic heterocycles. The van der Waals surface area contributed by atoms with Gasteiger partial charge in [-0.1, -0.05) is 25.1 Å². The van der Waals surface area contributed by atoms with Gasteiger partial charge in [0.05, 0.1) is 12.4 Å². The summed E-state index contributed by atoms with van der Waals surface area (Å²) in [5.74, 6) is 1.65. The molecule has 2 fully saturated rings. The third-order valence-corrected chi connectivity index (χ3v) is 5.75. The molecule has 1 aliphatic carbocycles. The minimum Gasteiger partial charge on any atom is -0.353 e. The summed E-state index contributed by atoms with van der Waals surface area (Å²) in [6.07, 6.45) is 7.84. The fraction of sp³-hybridized carbons (Fsp3) is 0.500. The number of rotatable bonds is 3. The first-order valence-corrected chi connectivity index (χ1v) is 9.37. The maximum absolute atomic E-state index is 14.0. The molecule has 0 amide bonds. The van der Waals surface area contributed by atoms with Crippen LogP contribution in [0.3, 0.4) is 0 Å². The second-order valence-electron chi connectivity index (χ2n) is 7.45. The average Bonchev–Trinajstić information content (AvgIpc) is 3.19. The average molecular weight is 483 g/mol. The Morgan fingerprint density at radius 2 is 2.15 bits per heavy atom. The minimum atomic E-state index is -0.108. The highest BCUT2D eigenvalue weighted by Crippen LogP contribution is 2.42. The highest BCUT2D eigenvalue weighted by atomic mass is 127. The van der Waals surface area contributed by atoms with Crippen molar-refractivity contribution in [3.05, 3.63) is 54.4 Å². The number of piperidine rings is 1. The number of guanidine groups is 1. The number of imidazole rings is 1. The zero-order chi connectivity index (χ0) is 18.1. The van der Waals surface area contributed by atoms with Crippen molar-refractivity contribution in [3.8, 4) is 0 Å². The number of likely N-dealkylation sites (tertiary alicyclic amines) is 1. The molecule has 2 aliphatic rings. The Kier molecular flexibility index (Phi) is 6.39. The molecule has 4 rings (SSSR count).